The minimum atomic E-state index is -7.18. The predicted octanol–water partition coefficient (Wildman–Crippen LogP) is 4.87. The van der Waals surface area contributed by atoms with Gasteiger partial charge in [-0.2, -0.15) is 52.7 Å². The third-order valence-electron chi connectivity index (χ3n) is 1.74. The van der Waals surface area contributed by atoms with Crippen molar-refractivity contribution >= 4 is 0 Å². The molecule has 0 nitrogen and oxygen atoms in total. The van der Waals surface area contributed by atoms with Crippen LogP contribution < -0.4 is 0 Å². The Morgan fingerprint density at radius 1 is 0.600 bits per heavy atom. The minimum absolute atomic E-state index is 2.34. The van der Waals surface area contributed by atoms with Crippen LogP contribution in [0.5, 0.6) is 0 Å². The molecule has 0 heterocycles. The van der Waals surface area contributed by atoms with Gasteiger partial charge in [-0.1, -0.05) is 0 Å². The maximum Gasteiger partial charge on any atom is 0.460 e. The molecular weight excluding hydrogens is 331 g/mol. The Bertz CT molecular complexity index is 381. The van der Waals surface area contributed by atoms with E-state index in [1.54, 1.807) is 0 Å². The summed E-state index contributed by atoms with van der Waals surface area (Å²) in [5.41, 5.74) is 0. The molecule has 120 valence electrons. The van der Waals surface area contributed by atoms with Gasteiger partial charge in [-0.3, -0.25) is 0 Å². The molecule has 0 aromatic carbocycles. The van der Waals surface area contributed by atoms with E-state index in [4.69, 9.17) is 0 Å². The van der Waals surface area contributed by atoms with Crippen molar-refractivity contribution < 1.29 is 57.1 Å². The minimum Gasteiger partial charge on any atom is -0.205 e. The lowest BCUT2D eigenvalue weighted by Crippen LogP contribution is -2.52. The molecule has 0 aromatic rings. The van der Waals surface area contributed by atoms with Gasteiger partial charge in [0.05, 0.1) is 0 Å². The summed E-state index contributed by atoms with van der Waals surface area (Å²) in [5.74, 6) is -24.7. The lowest BCUT2D eigenvalue weighted by Gasteiger charge is -2.27. The third kappa shape index (κ3) is 3.11. The van der Waals surface area contributed by atoms with E-state index in [0.717, 1.165) is 0 Å². The van der Waals surface area contributed by atoms with Crippen molar-refractivity contribution in [1.82, 2.24) is 0 Å². The van der Waals surface area contributed by atoms with Gasteiger partial charge in [0.2, 0.25) is 0 Å². The highest BCUT2D eigenvalue weighted by Crippen LogP contribution is 2.51. The van der Waals surface area contributed by atoms with Crippen LogP contribution in [0.15, 0.2) is 11.9 Å². The molecule has 0 aliphatic rings. The second-order valence-corrected chi connectivity index (χ2v) is 3.26. The number of halogens is 13. The molecule has 0 aliphatic heterocycles. The van der Waals surface area contributed by atoms with E-state index in [2.05, 4.69) is 0 Å². The largest absolute Gasteiger partial charge is 0.460 e. The van der Waals surface area contributed by atoms with E-state index in [9.17, 15) is 57.1 Å². The molecule has 0 aromatic heterocycles. The summed E-state index contributed by atoms with van der Waals surface area (Å²) >= 11 is 0. The number of hydrogen-bond acceptors (Lipinski definition) is 0. The van der Waals surface area contributed by atoms with Gasteiger partial charge in [-0.15, -0.1) is 0 Å². The van der Waals surface area contributed by atoms with Crippen LogP contribution in [-0.4, -0.2) is 30.1 Å². The van der Waals surface area contributed by atoms with E-state index >= 15 is 0 Å². The summed E-state index contributed by atoms with van der Waals surface area (Å²) in [6.45, 7) is 0. The van der Waals surface area contributed by atoms with Gasteiger partial charge in [-0.05, 0) is 0 Å². The van der Waals surface area contributed by atoms with Crippen LogP contribution in [0, 0.1) is 0 Å². The lowest BCUT2D eigenvalue weighted by atomic mass is 10.1. The van der Waals surface area contributed by atoms with Crippen LogP contribution >= 0.6 is 0 Å². The van der Waals surface area contributed by atoms with E-state index in [1.165, 1.54) is 0 Å². The molecule has 0 unspecified atom stereocenters. The third-order valence-corrected chi connectivity index (χ3v) is 1.74. The normalized spacial score (nSPS) is 16.6. The van der Waals surface area contributed by atoms with Crippen LogP contribution in [0.4, 0.5) is 57.1 Å². The van der Waals surface area contributed by atoms with Gasteiger partial charge >= 0.3 is 30.1 Å². The molecule has 0 saturated carbocycles. The highest BCUT2D eigenvalue weighted by atomic mass is 19.4. The molecule has 0 radical (unpaired) electrons. The van der Waals surface area contributed by atoms with Gasteiger partial charge in [0.1, 0.15) is 0 Å². The van der Waals surface area contributed by atoms with Crippen molar-refractivity contribution in [3.8, 4) is 0 Å². The highest BCUT2D eigenvalue weighted by molar-refractivity contribution is 5.17. The first-order valence-corrected chi connectivity index (χ1v) is 4.03. The lowest BCUT2D eigenvalue weighted by molar-refractivity contribution is -0.348. The van der Waals surface area contributed by atoms with Gasteiger partial charge < -0.3 is 0 Å². The zero-order valence-electron chi connectivity index (χ0n) is 8.49. The SMILES string of the molecule is FC(=CC(F)(F)C(F)(F)F)C(F)(F)C(F)(F)C(F)(F)F. The average molecular weight is 332 g/mol. The quantitative estimate of drug-likeness (QED) is 0.647. The summed E-state index contributed by atoms with van der Waals surface area (Å²) < 4.78 is 155. The molecule has 0 aliphatic carbocycles. The monoisotopic (exact) mass is 332 g/mol. The molecule has 0 atom stereocenters. The molecule has 0 rings (SSSR count). The fourth-order valence-corrected chi connectivity index (χ4v) is 0.660. The van der Waals surface area contributed by atoms with Crippen LogP contribution in [-0.2, 0) is 0 Å². The Morgan fingerprint density at radius 3 is 1.20 bits per heavy atom. The van der Waals surface area contributed by atoms with Crippen LogP contribution in [0.1, 0.15) is 0 Å². The first kappa shape index (κ1) is 18.8. The van der Waals surface area contributed by atoms with E-state index < -0.39 is 42.0 Å². The Labute approximate surface area is 100 Å². The second kappa shape index (κ2) is 4.69. The number of allylic oxidation sites excluding steroid dienone is 2. The molecule has 13 heteroatoms. The average Bonchev–Trinajstić information content (AvgIpc) is 2.12. The van der Waals surface area contributed by atoms with Crippen molar-refractivity contribution in [3.63, 3.8) is 0 Å². The number of hydrogen-bond donors (Lipinski definition) is 0. The maximum atomic E-state index is 12.4. The van der Waals surface area contributed by atoms with Crippen LogP contribution in [0.25, 0.3) is 0 Å². The Kier molecular flexibility index (Phi) is 4.41. The summed E-state index contributed by atoms with van der Waals surface area (Å²) in [6, 6.07) is 0. The van der Waals surface area contributed by atoms with Crippen molar-refractivity contribution in [1.29, 1.82) is 0 Å². The molecule has 0 amide bonds. The summed E-state index contributed by atoms with van der Waals surface area (Å²) in [4.78, 5) is 0. The fourth-order valence-electron chi connectivity index (χ4n) is 0.660. The number of alkyl halides is 12. The molecule has 0 bridgehead atoms. The van der Waals surface area contributed by atoms with E-state index in [1.807, 2.05) is 0 Å². The van der Waals surface area contributed by atoms with Gasteiger partial charge in [-0.25, -0.2) is 4.39 Å². The zero-order valence-corrected chi connectivity index (χ0v) is 8.49. The fraction of sp³-hybridized carbons (Fsp3) is 0.714. The van der Waals surface area contributed by atoms with Crippen molar-refractivity contribution in [2.75, 3.05) is 0 Å². The van der Waals surface area contributed by atoms with Crippen molar-refractivity contribution in [2.24, 2.45) is 0 Å². The molecule has 0 fully saturated rings. The predicted molar refractivity (Wildman–Crippen MR) is 36.1 cm³/mol. The highest BCUT2D eigenvalue weighted by Gasteiger charge is 2.75. The molecule has 0 N–H and O–H groups in total. The first-order valence-electron chi connectivity index (χ1n) is 4.03. The standard InChI is InChI=1S/C7HF13/c8-2(1-3(9,10)6(15,16)17)4(11,12)5(13,14)7(18,19)20/h1H. The van der Waals surface area contributed by atoms with Crippen LogP contribution in [0.2, 0.25) is 0 Å². The summed E-state index contributed by atoms with van der Waals surface area (Å²) in [6.07, 6.45) is -16.1. The smallest absolute Gasteiger partial charge is 0.205 e. The van der Waals surface area contributed by atoms with Crippen LogP contribution in [0.3, 0.4) is 0 Å². The van der Waals surface area contributed by atoms with Crippen molar-refractivity contribution in [3.05, 3.63) is 11.9 Å². The summed E-state index contributed by atoms with van der Waals surface area (Å²) in [7, 11) is 0. The van der Waals surface area contributed by atoms with E-state index in [0.29, 0.717) is 0 Å². The Hall–Kier alpha value is -1.17. The second-order valence-electron chi connectivity index (χ2n) is 3.26. The molecule has 0 spiro atoms. The maximum absolute atomic E-state index is 12.4. The van der Waals surface area contributed by atoms with Crippen molar-refractivity contribution in [2.45, 2.75) is 30.1 Å². The Balaban J connectivity index is 5.77. The topological polar surface area (TPSA) is 0 Å². The first-order chi connectivity index (χ1) is 8.38. The molecule has 0 saturated heterocycles. The van der Waals surface area contributed by atoms with Gasteiger partial charge in [0, 0.05) is 6.08 Å². The summed E-state index contributed by atoms with van der Waals surface area (Å²) in [5, 5.41) is 0. The Morgan fingerprint density at radius 2 is 0.950 bits per heavy atom. The number of rotatable bonds is 3. The molecule has 20 heavy (non-hydrogen) atoms. The van der Waals surface area contributed by atoms with Gasteiger partial charge in [0.25, 0.3) is 0 Å². The van der Waals surface area contributed by atoms with Gasteiger partial charge in [0.15, 0.2) is 5.83 Å². The zero-order chi connectivity index (χ0) is 16.8. The molecular formula is C7HF13. The van der Waals surface area contributed by atoms with E-state index in [-0.39, 0.29) is 0 Å².